The Morgan fingerprint density at radius 3 is 2.79 bits per heavy atom. The summed E-state index contributed by atoms with van der Waals surface area (Å²) >= 11 is 0. The first kappa shape index (κ1) is 17.4. The maximum absolute atomic E-state index is 5.89. The highest BCUT2D eigenvalue weighted by Crippen LogP contribution is 2.26. The molecule has 1 saturated heterocycles. The number of aromatic amines is 1. The topological polar surface area (TPSA) is 88.2 Å². The van der Waals surface area contributed by atoms with Crippen molar-refractivity contribution in [1.82, 2.24) is 19.9 Å². The molecule has 5 rings (SSSR count). The lowest BCUT2D eigenvalue weighted by Crippen LogP contribution is -2.36. The molecule has 1 aliphatic heterocycles. The van der Waals surface area contributed by atoms with Crippen molar-refractivity contribution in [3.8, 4) is 11.6 Å². The van der Waals surface area contributed by atoms with Gasteiger partial charge in [-0.2, -0.15) is 0 Å². The van der Waals surface area contributed by atoms with Crippen LogP contribution in [0.25, 0.3) is 10.9 Å². The van der Waals surface area contributed by atoms with Crippen LogP contribution < -0.4 is 15.0 Å². The fourth-order valence-electron chi connectivity index (χ4n) is 3.27. The van der Waals surface area contributed by atoms with Gasteiger partial charge in [-0.3, -0.25) is 0 Å². The van der Waals surface area contributed by atoms with Gasteiger partial charge in [0.2, 0.25) is 5.88 Å². The van der Waals surface area contributed by atoms with Crippen LogP contribution in [0.3, 0.4) is 0 Å². The second kappa shape index (κ2) is 7.76. The minimum absolute atomic E-state index is 0.468. The molecule has 29 heavy (non-hydrogen) atoms. The number of hydrogen-bond acceptors (Lipinski definition) is 7. The van der Waals surface area contributed by atoms with Crippen molar-refractivity contribution in [1.29, 1.82) is 0 Å². The third-order valence-corrected chi connectivity index (χ3v) is 4.74. The van der Waals surface area contributed by atoms with E-state index in [0.717, 1.165) is 54.5 Å². The number of pyridine rings is 1. The maximum atomic E-state index is 5.89. The Bertz CT molecular complexity index is 1110. The van der Waals surface area contributed by atoms with Gasteiger partial charge in [0.15, 0.2) is 0 Å². The number of benzene rings is 1. The monoisotopic (exact) mass is 388 g/mol. The number of morpholine rings is 1. The quantitative estimate of drug-likeness (QED) is 0.539. The van der Waals surface area contributed by atoms with Crippen LogP contribution in [0.1, 0.15) is 0 Å². The lowest BCUT2D eigenvalue weighted by Gasteiger charge is -2.27. The first-order chi connectivity index (χ1) is 14.3. The van der Waals surface area contributed by atoms with Crippen molar-refractivity contribution in [2.45, 2.75) is 0 Å². The van der Waals surface area contributed by atoms with E-state index in [4.69, 9.17) is 9.47 Å². The largest absolute Gasteiger partial charge is 0.439 e. The third kappa shape index (κ3) is 3.97. The van der Waals surface area contributed by atoms with Gasteiger partial charge >= 0.3 is 0 Å². The molecular formula is C21H20N6O2. The van der Waals surface area contributed by atoms with Crippen LogP contribution in [-0.4, -0.2) is 46.2 Å². The van der Waals surface area contributed by atoms with Crippen molar-refractivity contribution in [2.75, 3.05) is 36.5 Å². The predicted octanol–water partition coefficient (Wildman–Crippen LogP) is 3.73. The second-order valence-corrected chi connectivity index (χ2v) is 6.70. The molecule has 0 aliphatic carbocycles. The van der Waals surface area contributed by atoms with Crippen LogP contribution in [0.5, 0.6) is 11.6 Å². The second-order valence-electron chi connectivity index (χ2n) is 6.70. The van der Waals surface area contributed by atoms with Crippen molar-refractivity contribution in [2.24, 2.45) is 0 Å². The number of nitrogens with one attached hydrogen (secondary N) is 2. The fourth-order valence-corrected chi connectivity index (χ4v) is 3.27. The van der Waals surface area contributed by atoms with Crippen LogP contribution >= 0.6 is 0 Å². The zero-order valence-electron chi connectivity index (χ0n) is 15.7. The van der Waals surface area contributed by atoms with Gasteiger partial charge in [0.1, 0.15) is 23.7 Å². The smallest absolute Gasteiger partial charge is 0.224 e. The van der Waals surface area contributed by atoms with E-state index in [1.54, 1.807) is 12.3 Å². The first-order valence-corrected chi connectivity index (χ1v) is 9.46. The van der Waals surface area contributed by atoms with Gasteiger partial charge in [0.25, 0.3) is 0 Å². The lowest BCUT2D eigenvalue weighted by molar-refractivity contribution is 0.122. The summed E-state index contributed by atoms with van der Waals surface area (Å²) in [6.45, 7) is 3.20. The van der Waals surface area contributed by atoms with E-state index in [2.05, 4.69) is 30.2 Å². The van der Waals surface area contributed by atoms with E-state index in [9.17, 15) is 0 Å². The van der Waals surface area contributed by atoms with Gasteiger partial charge < -0.3 is 24.7 Å². The number of hydrogen-bond donors (Lipinski definition) is 2. The number of H-pyrrole nitrogens is 1. The van der Waals surface area contributed by atoms with Crippen LogP contribution in [-0.2, 0) is 4.74 Å². The molecule has 8 nitrogen and oxygen atoms in total. The summed E-state index contributed by atoms with van der Waals surface area (Å²) in [6, 6.07) is 13.6. The normalized spacial score (nSPS) is 14.1. The molecule has 0 spiro atoms. The highest BCUT2D eigenvalue weighted by Gasteiger charge is 2.12. The van der Waals surface area contributed by atoms with E-state index < -0.39 is 0 Å². The van der Waals surface area contributed by atoms with Crippen LogP contribution in [0.2, 0.25) is 0 Å². The van der Waals surface area contributed by atoms with Gasteiger partial charge in [0, 0.05) is 36.3 Å². The Balaban J connectivity index is 1.28. The summed E-state index contributed by atoms with van der Waals surface area (Å²) in [6.07, 6.45) is 5.18. The molecule has 0 bridgehead atoms. The molecule has 8 heteroatoms. The SMILES string of the molecule is c1nc(Nc2ccc(N3CCOCC3)nc2)cc(Oc2ccc3[nH]ccc3c2)n1. The van der Waals surface area contributed by atoms with Gasteiger partial charge in [0.05, 0.1) is 25.1 Å². The summed E-state index contributed by atoms with van der Waals surface area (Å²) in [7, 11) is 0. The Morgan fingerprint density at radius 2 is 1.93 bits per heavy atom. The summed E-state index contributed by atoms with van der Waals surface area (Å²) in [5.41, 5.74) is 1.91. The van der Waals surface area contributed by atoms with Gasteiger partial charge in [-0.1, -0.05) is 0 Å². The minimum atomic E-state index is 0.468. The van der Waals surface area contributed by atoms with E-state index in [-0.39, 0.29) is 0 Å². The average Bonchev–Trinajstić information content (AvgIpc) is 3.23. The average molecular weight is 388 g/mol. The molecule has 4 heterocycles. The summed E-state index contributed by atoms with van der Waals surface area (Å²) in [4.78, 5) is 18.4. The first-order valence-electron chi connectivity index (χ1n) is 9.46. The molecule has 0 amide bonds. The van der Waals surface area contributed by atoms with Crippen molar-refractivity contribution in [3.63, 3.8) is 0 Å². The standard InChI is InChI=1S/C21H20N6O2/c1-4-20(27-7-9-28-10-8-27)23-13-16(1)26-19-12-21(25-14-24-19)29-17-2-3-18-15(11-17)5-6-22-18/h1-6,11-14,22H,7-10H2,(H,24,25,26). The number of ether oxygens (including phenoxy) is 2. The van der Waals surface area contributed by atoms with Crippen LogP contribution in [0.15, 0.2) is 61.2 Å². The number of anilines is 3. The molecule has 0 unspecified atom stereocenters. The van der Waals surface area contributed by atoms with E-state index in [1.807, 2.05) is 42.6 Å². The number of aromatic nitrogens is 4. The lowest BCUT2D eigenvalue weighted by atomic mass is 10.2. The minimum Gasteiger partial charge on any atom is -0.439 e. The Kier molecular flexibility index (Phi) is 4.67. The van der Waals surface area contributed by atoms with Crippen LogP contribution in [0.4, 0.5) is 17.3 Å². The maximum Gasteiger partial charge on any atom is 0.224 e. The molecule has 1 aromatic carbocycles. The predicted molar refractivity (Wildman–Crippen MR) is 111 cm³/mol. The van der Waals surface area contributed by atoms with E-state index in [0.29, 0.717) is 11.7 Å². The molecule has 1 aliphatic rings. The molecule has 0 radical (unpaired) electrons. The molecule has 3 aromatic heterocycles. The highest BCUT2D eigenvalue weighted by atomic mass is 16.5. The molecule has 1 fully saturated rings. The number of rotatable bonds is 5. The summed E-state index contributed by atoms with van der Waals surface area (Å²) in [5.74, 6) is 2.78. The Labute approximate surface area is 167 Å². The molecular weight excluding hydrogens is 368 g/mol. The Morgan fingerprint density at radius 1 is 1.00 bits per heavy atom. The van der Waals surface area contributed by atoms with Gasteiger partial charge in [-0.05, 0) is 36.4 Å². The van der Waals surface area contributed by atoms with Crippen LogP contribution in [0, 0.1) is 0 Å². The van der Waals surface area contributed by atoms with Crippen molar-refractivity contribution < 1.29 is 9.47 Å². The number of fused-ring (bicyclic) bond motifs is 1. The highest BCUT2D eigenvalue weighted by molar-refractivity contribution is 5.80. The Hall–Kier alpha value is -3.65. The van der Waals surface area contributed by atoms with Crippen molar-refractivity contribution >= 4 is 28.2 Å². The van der Waals surface area contributed by atoms with E-state index >= 15 is 0 Å². The third-order valence-electron chi connectivity index (χ3n) is 4.74. The molecule has 146 valence electrons. The molecule has 0 atom stereocenters. The summed E-state index contributed by atoms with van der Waals surface area (Å²) < 4.78 is 11.3. The van der Waals surface area contributed by atoms with Crippen molar-refractivity contribution in [3.05, 3.63) is 61.2 Å². The molecule has 4 aromatic rings. The zero-order valence-corrected chi connectivity index (χ0v) is 15.7. The van der Waals surface area contributed by atoms with Gasteiger partial charge in [-0.15, -0.1) is 0 Å². The number of nitrogens with zero attached hydrogens (tertiary/aromatic N) is 4. The van der Waals surface area contributed by atoms with E-state index in [1.165, 1.54) is 6.33 Å². The van der Waals surface area contributed by atoms with Gasteiger partial charge in [-0.25, -0.2) is 15.0 Å². The molecule has 2 N–H and O–H groups in total. The molecule has 0 saturated carbocycles. The zero-order chi connectivity index (χ0) is 19.5. The summed E-state index contributed by atoms with van der Waals surface area (Å²) in [5, 5.41) is 4.33. The fraction of sp³-hybridized carbons (Fsp3) is 0.190.